The smallest absolute Gasteiger partial charge is 0.282 e. The lowest BCUT2D eigenvalue weighted by Crippen LogP contribution is -3.12. The van der Waals surface area contributed by atoms with Crippen molar-refractivity contribution >= 4 is 11.6 Å². The third-order valence-corrected chi connectivity index (χ3v) is 4.24. The molecule has 2 aromatic carbocycles. The summed E-state index contributed by atoms with van der Waals surface area (Å²) >= 11 is 0. The second kappa shape index (κ2) is 9.63. The average Bonchev–Trinajstić information content (AvgIpc) is 2.66. The molecule has 2 atom stereocenters. The molecule has 2 rings (SSSR count). The van der Waals surface area contributed by atoms with Gasteiger partial charge in [-0.05, 0) is 43.3 Å². The summed E-state index contributed by atoms with van der Waals surface area (Å²) < 4.78 is 10.7. The van der Waals surface area contributed by atoms with Crippen molar-refractivity contribution in [1.82, 2.24) is 0 Å². The Labute approximate surface area is 155 Å². The molecule has 0 bridgehead atoms. The molecular formula is C21H27N2O3+. The highest BCUT2D eigenvalue weighted by Gasteiger charge is 2.22. The normalized spacial score (nSPS) is 12.7. The van der Waals surface area contributed by atoms with E-state index in [1.165, 1.54) is 0 Å². The van der Waals surface area contributed by atoms with E-state index in [-0.39, 0.29) is 11.9 Å². The molecule has 0 aliphatic heterocycles. The van der Waals surface area contributed by atoms with Crippen LogP contribution in [0.3, 0.4) is 0 Å². The van der Waals surface area contributed by atoms with E-state index >= 15 is 0 Å². The van der Waals surface area contributed by atoms with Gasteiger partial charge >= 0.3 is 0 Å². The number of ether oxygens (including phenoxy) is 2. The maximum atomic E-state index is 12.5. The zero-order valence-corrected chi connectivity index (χ0v) is 15.6. The highest BCUT2D eigenvalue weighted by Crippen LogP contribution is 2.16. The number of nitrogens with one attached hydrogen (secondary N) is 2. The first kappa shape index (κ1) is 19.5. The Balaban J connectivity index is 1.92. The molecule has 0 saturated heterocycles. The van der Waals surface area contributed by atoms with Crippen molar-refractivity contribution in [2.75, 3.05) is 26.1 Å². The van der Waals surface area contributed by atoms with E-state index in [4.69, 9.17) is 9.47 Å². The first-order valence-corrected chi connectivity index (χ1v) is 8.63. The SMILES string of the molecule is C=CCOc1ccc(C[NH+](C)[C@@H](C)C(=O)Nc2cccc(OC)c2)cc1. The maximum Gasteiger partial charge on any atom is 0.282 e. The molecular weight excluding hydrogens is 328 g/mol. The Hall–Kier alpha value is -2.79. The lowest BCUT2D eigenvalue weighted by atomic mass is 10.1. The van der Waals surface area contributed by atoms with Gasteiger partial charge < -0.3 is 19.7 Å². The fourth-order valence-electron chi connectivity index (χ4n) is 2.51. The Morgan fingerprint density at radius 2 is 1.96 bits per heavy atom. The summed E-state index contributed by atoms with van der Waals surface area (Å²) in [6.45, 7) is 6.79. The minimum Gasteiger partial charge on any atom is -0.497 e. The third-order valence-electron chi connectivity index (χ3n) is 4.24. The van der Waals surface area contributed by atoms with Gasteiger partial charge in [0.05, 0.1) is 14.2 Å². The molecule has 0 heterocycles. The Bertz CT molecular complexity index is 728. The van der Waals surface area contributed by atoms with Gasteiger partial charge in [0.2, 0.25) is 0 Å². The predicted octanol–water partition coefficient (Wildman–Crippen LogP) is 2.30. The number of quaternary nitrogens is 1. The second-order valence-corrected chi connectivity index (χ2v) is 6.21. The van der Waals surface area contributed by atoms with Crippen LogP contribution in [0.5, 0.6) is 11.5 Å². The number of carbonyl (C=O) groups is 1. The number of hydrogen-bond acceptors (Lipinski definition) is 3. The van der Waals surface area contributed by atoms with Gasteiger partial charge in [-0.25, -0.2) is 0 Å². The summed E-state index contributed by atoms with van der Waals surface area (Å²) in [4.78, 5) is 13.6. The average molecular weight is 355 g/mol. The number of rotatable bonds is 9. The van der Waals surface area contributed by atoms with Crippen LogP contribution in [0.1, 0.15) is 12.5 Å². The van der Waals surface area contributed by atoms with E-state index in [9.17, 15) is 4.79 Å². The molecule has 2 N–H and O–H groups in total. The molecule has 1 unspecified atom stereocenters. The summed E-state index contributed by atoms with van der Waals surface area (Å²) in [6.07, 6.45) is 1.72. The number of methoxy groups -OCH3 is 1. The Morgan fingerprint density at radius 3 is 2.62 bits per heavy atom. The van der Waals surface area contributed by atoms with Crippen molar-refractivity contribution in [3.63, 3.8) is 0 Å². The van der Waals surface area contributed by atoms with Crippen LogP contribution in [0.15, 0.2) is 61.2 Å². The van der Waals surface area contributed by atoms with Crippen molar-refractivity contribution in [3.05, 3.63) is 66.7 Å². The number of likely N-dealkylation sites (N-methyl/N-ethyl adjacent to an activating group) is 1. The molecule has 1 amide bonds. The monoisotopic (exact) mass is 355 g/mol. The minimum absolute atomic E-state index is 0.0262. The summed E-state index contributed by atoms with van der Waals surface area (Å²) in [5.41, 5.74) is 1.88. The van der Waals surface area contributed by atoms with Crippen LogP contribution in [0.25, 0.3) is 0 Å². The second-order valence-electron chi connectivity index (χ2n) is 6.21. The van der Waals surface area contributed by atoms with Gasteiger partial charge in [0.1, 0.15) is 24.7 Å². The summed E-state index contributed by atoms with van der Waals surface area (Å²) in [5.74, 6) is 1.51. The maximum absolute atomic E-state index is 12.5. The van der Waals surface area contributed by atoms with Crippen molar-refractivity contribution < 1.29 is 19.2 Å². The standard InChI is InChI=1S/C21H26N2O3/c1-5-13-26-19-11-9-17(10-12-19)15-23(3)16(2)21(24)22-18-7-6-8-20(14-18)25-4/h5-12,14,16H,1,13,15H2,2-4H3,(H,22,24)/p+1/t16-/m0/s1. The molecule has 0 saturated carbocycles. The lowest BCUT2D eigenvalue weighted by molar-refractivity contribution is -0.907. The largest absolute Gasteiger partial charge is 0.497 e. The highest BCUT2D eigenvalue weighted by molar-refractivity contribution is 5.93. The van der Waals surface area contributed by atoms with E-state index in [2.05, 4.69) is 11.9 Å². The van der Waals surface area contributed by atoms with E-state index in [1.54, 1.807) is 13.2 Å². The van der Waals surface area contributed by atoms with Gasteiger partial charge in [-0.15, -0.1) is 0 Å². The minimum atomic E-state index is -0.196. The quantitative estimate of drug-likeness (QED) is 0.679. The van der Waals surface area contributed by atoms with Crippen LogP contribution < -0.4 is 19.7 Å². The van der Waals surface area contributed by atoms with E-state index in [1.807, 2.05) is 62.5 Å². The molecule has 138 valence electrons. The van der Waals surface area contributed by atoms with E-state index in [0.29, 0.717) is 6.61 Å². The molecule has 5 nitrogen and oxygen atoms in total. The van der Waals surface area contributed by atoms with Gasteiger partial charge in [-0.3, -0.25) is 4.79 Å². The molecule has 0 aliphatic carbocycles. The third kappa shape index (κ3) is 5.63. The van der Waals surface area contributed by atoms with Crippen LogP contribution in [0.4, 0.5) is 5.69 Å². The van der Waals surface area contributed by atoms with E-state index in [0.717, 1.165) is 34.2 Å². The van der Waals surface area contributed by atoms with Gasteiger partial charge in [-0.1, -0.05) is 18.7 Å². The lowest BCUT2D eigenvalue weighted by Gasteiger charge is -2.21. The molecule has 0 spiro atoms. The van der Waals surface area contributed by atoms with Gasteiger partial charge in [0.15, 0.2) is 6.04 Å². The first-order valence-electron chi connectivity index (χ1n) is 8.63. The zero-order chi connectivity index (χ0) is 18.9. The van der Waals surface area contributed by atoms with Crippen molar-refractivity contribution in [2.45, 2.75) is 19.5 Å². The fourth-order valence-corrected chi connectivity index (χ4v) is 2.51. The van der Waals surface area contributed by atoms with Crippen LogP contribution >= 0.6 is 0 Å². The topological polar surface area (TPSA) is 52.0 Å². The summed E-state index contributed by atoms with van der Waals surface area (Å²) in [7, 11) is 3.62. The molecule has 0 aromatic heterocycles. The molecule has 5 heteroatoms. The molecule has 0 aliphatic rings. The predicted molar refractivity (Wildman–Crippen MR) is 104 cm³/mol. The summed E-state index contributed by atoms with van der Waals surface area (Å²) in [6, 6.07) is 15.1. The number of hydrogen-bond donors (Lipinski definition) is 2. The van der Waals surface area contributed by atoms with Crippen LogP contribution in [-0.4, -0.2) is 32.7 Å². The number of carbonyl (C=O) groups excluding carboxylic acids is 1. The van der Waals surface area contributed by atoms with Gasteiger partial charge in [-0.2, -0.15) is 0 Å². The van der Waals surface area contributed by atoms with Crippen LogP contribution in [-0.2, 0) is 11.3 Å². The zero-order valence-electron chi connectivity index (χ0n) is 15.6. The Kier molecular flexibility index (Phi) is 7.24. The molecule has 0 fully saturated rings. The number of benzene rings is 2. The van der Waals surface area contributed by atoms with Crippen molar-refractivity contribution in [1.29, 1.82) is 0 Å². The first-order chi connectivity index (χ1) is 12.5. The number of amides is 1. The van der Waals surface area contributed by atoms with Crippen LogP contribution in [0, 0.1) is 0 Å². The fraction of sp³-hybridized carbons (Fsp3) is 0.286. The van der Waals surface area contributed by atoms with Crippen molar-refractivity contribution in [2.24, 2.45) is 0 Å². The number of anilines is 1. The molecule has 2 aromatic rings. The van der Waals surface area contributed by atoms with E-state index < -0.39 is 0 Å². The molecule has 26 heavy (non-hydrogen) atoms. The highest BCUT2D eigenvalue weighted by atomic mass is 16.5. The van der Waals surface area contributed by atoms with Gasteiger partial charge in [0.25, 0.3) is 5.91 Å². The van der Waals surface area contributed by atoms with Gasteiger partial charge in [0, 0.05) is 17.3 Å². The summed E-state index contributed by atoms with van der Waals surface area (Å²) in [5, 5.41) is 2.95. The Morgan fingerprint density at radius 1 is 1.23 bits per heavy atom. The van der Waals surface area contributed by atoms with Crippen LogP contribution in [0.2, 0.25) is 0 Å². The molecule has 0 radical (unpaired) electrons. The van der Waals surface area contributed by atoms with Crippen molar-refractivity contribution in [3.8, 4) is 11.5 Å².